The summed E-state index contributed by atoms with van der Waals surface area (Å²) in [6.45, 7) is 0. The van der Waals surface area contributed by atoms with Crippen LogP contribution in [0.25, 0.3) is 16.8 Å². The van der Waals surface area contributed by atoms with E-state index >= 15 is 0 Å². The second-order valence-electron chi connectivity index (χ2n) is 5.25. The van der Waals surface area contributed by atoms with Gasteiger partial charge in [0, 0.05) is 15.7 Å². The SMILES string of the molecule is Brc1ccc(NC2C=Cc3c(ccc4ccccc34)O2)cc1. The molecule has 0 radical (unpaired) electrons. The minimum absolute atomic E-state index is 0.158. The van der Waals surface area contributed by atoms with E-state index < -0.39 is 0 Å². The van der Waals surface area contributed by atoms with Crippen molar-refractivity contribution in [1.82, 2.24) is 0 Å². The van der Waals surface area contributed by atoms with Crippen molar-refractivity contribution < 1.29 is 4.74 Å². The van der Waals surface area contributed by atoms with E-state index in [9.17, 15) is 0 Å². The Morgan fingerprint density at radius 2 is 1.73 bits per heavy atom. The number of anilines is 1. The predicted molar refractivity (Wildman–Crippen MR) is 95.2 cm³/mol. The second-order valence-corrected chi connectivity index (χ2v) is 6.16. The summed E-state index contributed by atoms with van der Waals surface area (Å²) in [7, 11) is 0. The highest BCUT2D eigenvalue weighted by Crippen LogP contribution is 2.33. The standard InChI is InChI=1S/C19H14BrNO/c20-14-6-8-15(9-7-14)21-19-12-10-17-16-4-2-1-3-13(16)5-11-18(17)22-19/h1-12,19,21H. The third-order valence-corrected chi connectivity index (χ3v) is 4.30. The lowest BCUT2D eigenvalue weighted by molar-refractivity contribution is 0.274. The fourth-order valence-electron chi connectivity index (χ4n) is 2.70. The van der Waals surface area contributed by atoms with Gasteiger partial charge in [0.1, 0.15) is 5.75 Å². The molecule has 0 amide bonds. The van der Waals surface area contributed by atoms with Crippen LogP contribution in [0.5, 0.6) is 5.75 Å². The predicted octanol–water partition coefficient (Wildman–Crippen LogP) is 5.45. The van der Waals surface area contributed by atoms with Crippen molar-refractivity contribution in [3.05, 3.63) is 76.8 Å². The van der Waals surface area contributed by atoms with Crippen molar-refractivity contribution in [1.29, 1.82) is 0 Å². The van der Waals surface area contributed by atoms with Crippen molar-refractivity contribution in [3.8, 4) is 5.75 Å². The maximum absolute atomic E-state index is 6.06. The van der Waals surface area contributed by atoms with E-state index in [2.05, 4.69) is 63.7 Å². The van der Waals surface area contributed by atoms with Gasteiger partial charge in [0.25, 0.3) is 0 Å². The summed E-state index contributed by atoms with van der Waals surface area (Å²) in [6, 6.07) is 20.6. The topological polar surface area (TPSA) is 21.3 Å². The number of hydrogen-bond donors (Lipinski definition) is 1. The first-order chi connectivity index (χ1) is 10.8. The Morgan fingerprint density at radius 3 is 2.59 bits per heavy atom. The molecule has 22 heavy (non-hydrogen) atoms. The van der Waals surface area contributed by atoms with E-state index in [1.54, 1.807) is 0 Å². The molecule has 0 aromatic heterocycles. The molecule has 3 aromatic carbocycles. The molecule has 4 rings (SSSR count). The van der Waals surface area contributed by atoms with E-state index in [1.807, 2.05) is 30.3 Å². The molecule has 108 valence electrons. The van der Waals surface area contributed by atoms with E-state index in [0.29, 0.717) is 0 Å². The molecule has 3 aromatic rings. The van der Waals surface area contributed by atoms with Gasteiger partial charge in [0.05, 0.1) is 0 Å². The maximum Gasteiger partial charge on any atom is 0.189 e. The van der Waals surface area contributed by atoms with Crippen molar-refractivity contribution in [2.24, 2.45) is 0 Å². The van der Waals surface area contributed by atoms with Crippen LogP contribution in [0.15, 0.2) is 71.2 Å². The van der Waals surface area contributed by atoms with Crippen LogP contribution in [-0.2, 0) is 0 Å². The smallest absolute Gasteiger partial charge is 0.189 e. The highest BCUT2D eigenvalue weighted by Gasteiger charge is 2.16. The fraction of sp³-hybridized carbons (Fsp3) is 0.0526. The van der Waals surface area contributed by atoms with E-state index in [-0.39, 0.29) is 6.23 Å². The van der Waals surface area contributed by atoms with Crippen molar-refractivity contribution in [2.75, 3.05) is 5.32 Å². The molecular formula is C19H14BrNO. The molecule has 0 aliphatic carbocycles. The maximum atomic E-state index is 6.06. The molecule has 1 heterocycles. The summed E-state index contributed by atoms with van der Waals surface area (Å²) >= 11 is 3.44. The number of rotatable bonds is 2. The molecule has 1 aliphatic heterocycles. The third-order valence-electron chi connectivity index (χ3n) is 3.78. The van der Waals surface area contributed by atoms with Crippen molar-refractivity contribution in [3.63, 3.8) is 0 Å². The van der Waals surface area contributed by atoms with Gasteiger partial charge in [0.2, 0.25) is 0 Å². The number of halogens is 1. The zero-order chi connectivity index (χ0) is 14.9. The number of fused-ring (bicyclic) bond motifs is 3. The highest BCUT2D eigenvalue weighted by atomic mass is 79.9. The molecular weight excluding hydrogens is 338 g/mol. The van der Waals surface area contributed by atoms with Gasteiger partial charge in [-0.2, -0.15) is 0 Å². The highest BCUT2D eigenvalue weighted by molar-refractivity contribution is 9.10. The van der Waals surface area contributed by atoms with Gasteiger partial charge in [0.15, 0.2) is 6.23 Å². The molecule has 0 saturated carbocycles. The van der Waals surface area contributed by atoms with Gasteiger partial charge < -0.3 is 10.1 Å². The molecule has 1 aliphatic rings. The zero-order valence-corrected chi connectivity index (χ0v) is 13.4. The van der Waals surface area contributed by atoms with Crippen molar-refractivity contribution >= 4 is 38.5 Å². The Labute approximate surface area is 137 Å². The first kappa shape index (κ1) is 13.4. The third kappa shape index (κ3) is 2.48. The fourth-order valence-corrected chi connectivity index (χ4v) is 2.96. The molecule has 0 fully saturated rings. The zero-order valence-electron chi connectivity index (χ0n) is 11.8. The first-order valence-electron chi connectivity index (χ1n) is 7.18. The Morgan fingerprint density at radius 1 is 0.909 bits per heavy atom. The van der Waals surface area contributed by atoms with Crippen LogP contribution in [0, 0.1) is 0 Å². The van der Waals surface area contributed by atoms with Crippen LogP contribution < -0.4 is 10.1 Å². The minimum atomic E-state index is -0.158. The number of nitrogens with one attached hydrogen (secondary N) is 1. The summed E-state index contributed by atoms with van der Waals surface area (Å²) in [6.07, 6.45) is 4.03. The lowest BCUT2D eigenvalue weighted by Gasteiger charge is -2.24. The minimum Gasteiger partial charge on any atom is -0.466 e. The molecule has 1 atom stereocenters. The lowest BCUT2D eigenvalue weighted by Crippen LogP contribution is -2.26. The molecule has 3 heteroatoms. The summed E-state index contributed by atoms with van der Waals surface area (Å²) in [4.78, 5) is 0. The quantitative estimate of drug-likeness (QED) is 0.663. The van der Waals surface area contributed by atoms with Gasteiger partial charge in [-0.05, 0) is 53.3 Å². The second kappa shape index (κ2) is 5.50. The van der Waals surface area contributed by atoms with Crippen LogP contribution in [-0.4, -0.2) is 6.23 Å². The Kier molecular flexibility index (Phi) is 3.35. The van der Waals surface area contributed by atoms with Crippen LogP contribution in [0.3, 0.4) is 0 Å². The Bertz CT molecular complexity index is 855. The van der Waals surface area contributed by atoms with Gasteiger partial charge in [-0.3, -0.25) is 0 Å². The van der Waals surface area contributed by atoms with Gasteiger partial charge >= 0.3 is 0 Å². The Balaban J connectivity index is 1.63. The van der Waals surface area contributed by atoms with Gasteiger partial charge in [-0.15, -0.1) is 0 Å². The summed E-state index contributed by atoms with van der Waals surface area (Å²) < 4.78 is 7.13. The Hall–Kier alpha value is -2.26. The lowest BCUT2D eigenvalue weighted by atomic mass is 10.0. The summed E-state index contributed by atoms with van der Waals surface area (Å²) in [5.74, 6) is 0.913. The van der Waals surface area contributed by atoms with E-state index in [1.165, 1.54) is 10.8 Å². The first-order valence-corrected chi connectivity index (χ1v) is 7.98. The van der Waals surface area contributed by atoms with Gasteiger partial charge in [-0.25, -0.2) is 0 Å². The number of benzene rings is 3. The van der Waals surface area contributed by atoms with Crippen LogP contribution >= 0.6 is 15.9 Å². The average molecular weight is 352 g/mol. The van der Waals surface area contributed by atoms with Crippen LogP contribution in [0.4, 0.5) is 5.69 Å². The molecule has 0 saturated heterocycles. The van der Waals surface area contributed by atoms with Gasteiger partial charge in [-0.1, -0.05) is 46.3 Å². The number of ether oxygens (including phenoxy) is 1. The van der Waals surface area contributed by atoms with Crippen LogP contribution in [0.2, 0.25) is 0 Å². The normalized spacial score (nSPS) is 16.1. The van der Waals surface area contributed by atoms with Crippen LogP contribution in [0.1, 0.15) is 5.56 Å². The average Bonchev–Trinajstić information content (AvgIpc) is 2.57. The number of hydrogen-bond acceptors (Lipinski definition) is 2. The largest absolute Gasteiger partial charge is 0.466 e. The molecule has 0 spiro atoms. The van der Waals surface area contributed by atoms with E-state index in [0.717, 1.165) is 21.5 Å². The summed E-state index contributed by atoms with van der Waals surface area (Å²) in [5.41, 5.74) is 2.18. The molecule has 0 bridgehead atoms. The molecule has 1 unspecified atom stereocenters. The van der Waals surface area contributed by atoms with Crippen molar-refractivity contribution in [2.45, 2.75) is 6.23 Å². The monoisotopic (exact) mass is 351 g/mol. The van der Waals surface area contributed by atoms with E-state index in [4.69, 9.17) is 4.74 Å². The summed E-state index contributed by atoms with van der Waals surface area (Å²) in [5, 5.41) is 5.82. The molecule has 2 nitrogen and oxygen atoms in total. The molecule has 1 N–H and O–H groups in total.